The maximum absolute atomic E-state index is 14.0. The Balaban J connectivity index is 1.17. The number of hydrogen-bond acceptors (Lipinski definition) is 4. The van der Waals surface area contributed by atoms with Crippen LogP contribution in [0, 0.1) is 11.6 Å². The lowest BCUT2D eigenvalue weighted by Crippen LogP contribution is -2.38. The standard InChI is InChI=1S/C30H26ClF2N3O2S/c31-22-6-4-20(5-7-22)25-17-24(33)10-11-26(25)34-29(38)27-18-39-30(35-27)21-13-15-36(16-14-21)28(37)12-3-19-1-8-23(32)9-2-19/h1-2,4-11,17-18,21H,3,12-16H2,(H,34,38). The largest absolute Gasteiger partial charge is 0.343 e. The number of carbonyl (C=O) groups excluding carboxylic acids is 2. The predicted molar refractivity (Wildman–Crippen MR) is 150 cm³/mol. The Bertz CT molecular complexity index is 1470. The van der Waals surface area contributed by atoms with Crippen molar-refractivity contribution in [3.05, 3.63) is 105 Å². The van der Waals surface area contributed by atoms with Gasteiger partial charge in [-0.3, -0.25) is 9.59 Å². The predicted octanol–water partition coefficient (Wildman–Crippen LogP) is 7.33. The van der Waals surface area contributed by atoms with E-state index in [1.165, 1.54) is 41.7 Å². The second kappa shape index (κ2) is 12.1. The summed E-state index contributed by atoms with van der Waals surface area (Å²) in [4.78, 5) is 32.2. The molecule has 1 fully saturated rings. The van der Waals surface area contributed by atoms with E-state index in [0.29, 0.717) is 47.9 Å². The fourth-order valence-corrected chi connectivity index (χ4v) is 5.79. The van der Waals surface area contributed by atoms with Crippen LogP contribution < -0.4 is 5.32 Å². The molecule has 39 heavy (non-hydrogen) atoms. The second-order valence-corrected chi connectivity index (χ2v) is 10.8. The summed E-state index contributed by atoms with van der Waals surface area (Å²) in [5, 5.41) is 6.04. The van der Waals surface area contributed by atoms with Crippen molar-refractivity contribution in [1.29, 1.82) is 0 Å². The van der Waals surface area contributed by atoms with Gasteiger partial charge in [0.05, 0.1) is 5.01 Å². The molecule has 0 unspecified atom stereocenters. The van der Waals surface area contributed by atoms with Gasteiger partial charge in [0.2, 0.25) is 5.91 Å². The van der Waals surface area contributed by atoms with Gasteiger partial charge in [0, 0.05) is 47.1 Å². The Labute approximate surface area is 234 Å². The lowest BCUT2D eigenvalue weighted by atomic mass is 9.97. The van der Waals surface area contributed by atoms with Gasteiger partial charge in [-0.1, -0.05) is 35.9 Å². The number of benzene rings is 3. The van der Waals surface area contributed by atoms with Gasteiger partial charge in [0.15, 0.2) is 0 Å². The normalized spacial score (nSPS) is 13.9. The molecule has 0 radical (unpaired) electrons. The van der Waals surface area contributed by atoms with Crippen molar-refractivity contribution in [2.45, 2.75) is 31.6 Å². The number of piperidine rings is 1. The molecule has 1 aliphatic rings. The summed E-state index contributed by atoms with van der Waals surface area (Å²) in [6.45, 7) is 1.27. The van der Waals surface area contributed by atoms with E-state index in [1.54, 1.807) is 41.8 Å². The highest BCUT2D eigenvalue weighted by molar-refractivity contribution is 7.10. The van der Waals surface area contributed by atoms with Gasteiger partial charge in [0.25, 0.3) is 5.91 Å². The number of rotatable bonds is 7. The highest BCUT2D eigenvalue weighted by Crippen LogP contribution is 2.33. The number of nitrogens with one attached hydrogen (secondary N) is 1. The average molecular weight is 566 g/mol. The van der Waals surface area contributed by atoms with Crippen LogP contribution in [-0.4, -0.2) is 34.8 Å². The lowest BCUT2D eigenvalue weighted by Gasteiger charge is -2.31. The molecule has 200 valence electrons. The van der Waals surface area contributed by atoms with Gasteiger partial charge in [0.1, 0.15) is 17.3 Å². The van der Waals surface area contributed by atoms with E-state index in [4.69, 9.17) is 11.6 Å². The molecule has 5 rings (SSSR count). The quantitative estimate of drug-likeness (QED) is 0.255. The molecule has 1 aromatic heterocycles. The Morgan fingerprint density at radius 2 is 1.67 bits per heavy atom. The number of nitrogens with zero attached hydrogens (tertiary/aromatic N) is 2. The number of carbonyl (C=O) groups is 2. The minimum absolute atomic E-state index is 0.0905. The van der Waals surface area contributed by atoms with Crippen LogP contribution in [0.4, 0.5) is 14.5 Å². The number of anilines is 1. The van der Waals surface area contributed by atoms with Crippen LogP contribution in [-0.2, 0) is 11.2 Å². The smallest absolute Gasteiger partial charge is 0.275 e. The summed E-state index contributed by atoms with van der Waals surface area (Å²) in [6, 6.07) is 17.4. The highest BCUT2D eigenvalue weighted by atomic mass is 35.5. The van der Waals surface area contributed by atoms with Gasteiger partial charge in [-0.2, -0.15) is 0 Å². The van der Waals surface area contributed by atoms with E-state index in [1.807, 2.05) is 4.90 Å². The minimum atomic E-state index is -0.408. The first-order valence-electron chi connectivity index (χ1n) is 12.7. The molecule has 0 aliphatic carbocycles. The molecule has 2 amide bonds. The van der Waals surface area contributed by atoms with Crippen molar-refractivity contribution in [1.82, 2.24) is 9.88 Å². The molecule has 1 N–H and O–H groups in total. The number of thiazole rings is 1. The first kappa shape index (κ1) is 27.0. The number of likely N-dealkylation sites (tertiary alicyclic amines) is 1. The van der Waals surface area contributed by atoms with Crippen LogP contribution >= 0.6 is 22.9 Å². The molecule has 0 spiro atoms. The lowest BCUT2D eigenvalue weighted by molar-refractivity contribution is -0.132. The molecule has 1 aliphatic heterocycles. The molecular formula is C30H26ClF2N3O2S. The zero-order chi connectivity index (χ0) is 27.4. The van der Waals surface area contributed by atoms with Crippen LogP contribution in [0.5, 0.6) is 0 Å². The summed E-state index contributed by atoms with van der Waals surface area (Å²) >= 11 is 7.42. The van der Waals surface area contributed by atoms with Gasteiger partial charge in [-0.25, -0.2) is 13.8 Å². The van der Waals surface area contributed by atoms with Crippen molar-refractivity contribution in [3.8, 4) is 11.1 Å². The van der Waals surface area contributed by atoms with E-state index < -0.39 is 5.82 Å². The van der Waals surface area contributed by atoms with E-state index in [2.05, 4.69) is 10.3 Å². The van der Waals surface area contributed by atoms with Gasteiger partial charge in [-0.15, -0.1) is 11.3 Å². The number of hydrogen-bond donors (Lipinski definition) is 1. The van der Waals surface area contributed by atoms with Crippen LogP contribution in [0.25, 0.3) is 11.1 Å². The van der Waals surface area contributed by atoms with Gasteiger partial charge in [-0.05, 0) is 72.9 Å². The monoisotopic (exact) mass is 565 g/mol. The maximum atomic E-state index is 14.0. The molecule has 9 heteroatoms. The van der Waals surface area contributed by atoms with E-state index in [0.717, 1.165) is 29.0 Å². The summed E-state index contributed by atoms with van der Waals surface area (Å²) in [6.07, 6.45) is 2.52. The zero-order valence-electron chi connectivity index (χ0n) is 21.0. The first-order valence-corrected chi connectivity index (χ1v) is 14.0. The van der Waals surface area contributed by atoms with Crippen molar-refractivity contribution < 1.29 is 18.4 Å². The first-order chi connectivity index (χ1) is 18.9. The molecule has 1 saturated heterocycles. The second-order valence-electron chi connectivity index (χ2n) is 9.50. The number of amides is 2. The Kier molecular flexibility index (Phi) is 8.33. The third-order valence-corrected chi connectivity index (χ3v) is 8.14. The van der Waals surface area contributed by atoms with Crippen LogP contribution in [0.15, 0.2) is 72.1 Å². The van der Waals surface area contributed by atoms with Crippen LogP contribution in [0.1, 0.15) is 46.2 Å². The molecular weight excluding hydrogens is 540 g/mol. The number of halogens is 3. The summed E-state index contributed by atoms with van der Waals surface area (Å²) < 4.78 is 27.1. The Hall–Kier alpha value is -3.62. The molecule has 4 aromatic rings. The fraction of sp³-hybridized carbons (Fsp3) is 0.233. The molecule has 0 atom stereocenters. The highest BCUT2D eigenvalue weighted by Gasteiger charge is 2.26. The molecule has 0 bridgehead atoms. The third kappa shape index (κ3) is 6.69. The minimum Gasteiger partial charge on any atom is -0.343 e. The van der Waals surface area contributed by atoms with Crippen molar-refractivity contribution in [2.24, 2.45) is 0 Å². The third-order valence-electron chi connectivity index (χ3n) is 6.88. The molecule has 0 saturated carbocycles. The van der Waals surface area contributed by atoms with Gasteiger partial charge >= 0.3 is 0 Å². The van der Waals surface area contributed by atoms with Crippen LogP contribution in [0.3, 0.4) is 0 Å². The Morgan fingerprint density at radius 3 is 2.38 bits per heavy atom. The topological polar surface area (TPSA) is 62.3 Å². The summed E-state index contributed by atoms with van der Waals surface area (Å²) in [5.41, 5.74) is 3.00. The summed E-state index contributed by atoms with van der Waals surface area (Å²) in [5.74, 6) is -0.795. The average Bonchev–Trinajstić information content (AvgIpc) is 3.45. The SMILES string of the molecule is O=C(Nc1ccc(F)cc1-c1ccc(Cl)cc1)c1csc(C2CCN(C(=O)CCc3ccc(F)cc3)CC2)n1. The number of aromatic nitrogens is 1. The zero-order valence-corrected chi connectivity index (χ0v) is 22.6. The molecule has 5 nitrogen and oxygen atoms in total. The molecule has 2 heterocycles. The summed E-state index contributed by atoms with van der Waals surface area (Å²) in [7, 11) is 0. The van der Waals surface area contributed by atoms with Crippen molar-refractivity contribution in [3.63, 3.8) is 0 Å². The maximum Gasteiger partial charge on any atom is 0.275 e. The Morgan fingerprint density at radius 1 is 0.974 bits per heavy atom. The van der Waals surface area contributed by atoms with Crippen LogP contribution in [0.2, 0.25) is 5.02 Å². The number of aryl methyl sites for hydroxylation is 1. The van der Waals surface area contributed by atoms with Gasteiger partial charge < -0.3 is 10.2 Å². The van der Waals surface area contributed by atoms with E-state index in [9.17, 15) is 18.4 Å². The van der Waals surface area contributed by atoms with E-state index in [-0.39, 0.29) is 23.5 Å². The van der Waals surface area contributed by atoms with E-state index >= 15 is 0 Å². The fourth-order valence-electron chi connectivity index (χ4n) is 4.70. The molecule has 3 aromatic carbocycles. The van der Waals surface area contributed by atoms with Crippen molar-refractivity contribution in [2.75, 3.05) is 18.4 Å². The van der Waals surface area contributed by atoms with Crippen molar-refractivity contribution >= 4 is 40.4 Å².